The molecule has 1 amide bonds. The third-order valence-corrected chi connectivity index (χ3v) is 5.00. The number of carbonyl (C=O) groups is 1. The fraction of sp³-hybridized carbons (Fsp3) is 0.278. The highest BCUT2D eigenvalue weighted by atomic mass is 35.5. The Bertz CT molecular complexity index is 851. The molecular weight excluding hydrogens is 372 g/mol. The summed E-state index contributed by atoms with van der Waals surface area (Å²) in [6.45, 7) is 3.89. The van der Waals surface area contributed by atoms with E-state index in [4.69, 9.17) is 16.1 Å². The van der Waals surface area contributed by atoms with E-state index in [1.54, 1.807) is 17.4 Å². The van der Waals surface area contributed by atoms with E-state index in [2.05, 4.69) is 15.5 Å². The van der Waals surface area contributed by atoms with Gasteiger partial charge in [0.25, 0.3) is 0 Å². The van der Waals surface area contributed by atoms with Crippen molar-refractivity contribution in [1.82, 2.24) is 20.4 Å². The van der Waals surface area contributed by atoms with Crippen LogP contribution in [0, 0.1) is 0 Å². The monoisotopic (exact) mass is 390 g/mol. The first kappa shape index (κ1) is 18.6. The molecule has 3 aromatic rings. The van der Waals surface area contributed by atoms with Crippen LogP contribution in [0.4, 0.5) is 0 Å². The minimum Gasteiger partial charge on any atom is -0.350 e. The first-order chi connectivity index (χ1) is 12.7. The molecule has 6 nitrogen and oxygen atoms in total. The second-order valence-electron chi connectivity index (χ2n) is 5.65. The smallest absolute Gasteiger partial charge is 0.241 e. The summed E-state index contributed by atoms with van der Waals surface area (Å²) in [5, 5.41) is 9.47. The fourth-order valence-corrected chi connectivity index (χ4v) is 3.26. The lowest BCUT2D eigenvalue weighted by Crippen LogP contribution is -2.36. The molecule has 0 aliphatic rings. The largest absolute Gasteiger partial charge is 0.350 e. The highest BCUT2D eigenvalue weighted by Crippen LogP contribution is 2.25. The van der Waals surface area contributed by atoms with Gasteiger partial charge in [-0.25, -0.2) is 0 Å². The average molecular weight is 391 g/mol. The van der Waals surface area contributed by atoms with E-state index in [0.29, 0.717) is 36.4 Å². The third-order valence-electron chi connectivity index (χ3n) is 3.80. The Morgan fingerprint density at radius 3 is 2.88 bits per heavy atom. The van der Waals surface area contributed by atoms with Gasteiger partial charge in [0.2, 0.25) is 17.6 Å². The Hall–Kier alpha value is -2.22. The molecule has 0 aliphatic carbocycles. The molecule has 1 N–H and O–H groups in total. The molecule has 8 heteroatoms. The summed E-state index contributed by atoms with van der Waals surface area (Å²) in [5.41, 5.74) is 0.723. The summed E-state index contributed by atoms with van der Waals surface area (Å²) in [7, 11) is 0. The van der Waals surface area contributed by atoms with Gasteiger partial charge in [-0.15, -0.1) is 11.3 Å². The molecule has 0 fully saturated rings. The van der Waals surface area contributed by atoms with Gasteiger partial charge in [0.05, 0.1) is 24.7 Å². The van der Waals surface area contributed by atoms with Gasteiger partial charge in [-0.3, -0.25) is 9.69 Å². The predicted octanol–water partition coefficient (Wildman–Crippen LogP) is 3.59. The lowest BCUT2D eigenvalue weighted by Gasteiger charge is -2.17. The van der Waals surface area contributed by atoms with Crippen LogP contribution in [0.25, 0.3) is 11.4 Å². The van der Waals surface area contributed by atoms with Gasteiger partial charge >= 0.3 is 0 Å². The Labute approximate surface area is 160 Å². The fourth-order valence-electron chi connectivity index (χ4n) is 2.40. The van der Waals surface area contributed by atoms with Gasteiger partial charge in [-0.1, -0.05) is 41.9 Å². The van der Waals surface area contributed by atoms with Crippen molar-refractivity contribution in [2.45, 2.75) is 20.0 Å². The van der Waals surface area contributed by atoms with E-state index in [1.165, 1.54) is 0 Å². The number of halogens is 1. The van der Waals surface area contributed by atoms with Crippen molar-refractivity contribution in [2.24, 2.45) is 0 Å². The number of hydrogen-bond acceptors (Lipinski definition) is 6. The second-order valence-corrected chi connectivity index (χ2v) is 7.09. The van der Waals surface area contributed by atoms with Crippen LogP contribution in [0.5, 0.6) is 0 Å². The molecule has 0 saturated carbocycles. The zero-order chi connectivity index (χ0) is 18.4. The number of carbonyl (C=O) groups excluding carboxylic acids is 1. The molecule has 0 saturated heterocycles. The highest BCUT2D eigenvalue weighted by molar-refractivity contribution is 7.09. The molecule has 2 aromatic heterocycles. The summed E-state index contributed by atoms with van der Waals surface area (Å²) in [4.78, 5) is 19.6. The minimum absolute atomic E-state index is 0.0360. The molecule has 0 bridgehead atoms. The van der Waals surface area contributed by atoms with E-state index < -0.39 is 0 Å². The Morgan fingerprint density at radius 2 is 2.15 bits per heavy atom. The summed E-state index contributed by atoms with van der Waals surface area (Å²) in [5.74, 6) is 0.864. The molecule has 26 heavy (non-hydrogen) atoms. The number of aromatic nitrogens is 2. The standard InChI is InChI=1S/C18H19ClN4O2S/c1-2-23(11-16(24)20-10-13-6-5-9-26-13)12-17-21-18(22-25-17)14-7-3-4-8-15(14)19/h3-9H,2,10-12H2,1H3,(H,20,24). The van der Waals surface area contributed by atoms with E-state index in [1.807, 2.05) is 47.5 Å². The normalized spacial score (nSPS) is 11.0. The maximum atomic E-state index is 12.1. The predicted molar refractivity (Wildman–Crippen MR) is 102 cm³/mol. The van der Waals surface area contributed by atoms with Gasteiger partial charge in [0.1, 0.15) is 0 Å². The maximum Gasteiger partial charge on any atom is 0.241 e. The first-order valence-corrected chi connectivity index (χ1v) is 9.50. The van der Waals surface area contributed by atoms with E-state index in [9.17, 15) is 4.79 Å². The minimum atomic E-state index is -0.0360. The highest BCUT2D eigenvalue weighted by Gasteiger charge is 2.16. The Balaban J connectivity index is 1.56. The van der Waals surface area contributed by atoms with Crippen molar-refractivity contribution >= 4 is 28.8 Å². The molecule has 0 aliphatic heterocycles. The number of rotatable bonds is 8. The zero-order valence-electron chi connectivity index (χ0n) is 14.3. The van der Waals surface area contributed by atoms with Crippen LogP contribution in [0.3, 0.4) is 0 Å². The lowest BCUT2D eigenvalue weighted by atomic mass is 10.2. The number of likely N-dealkylation sites (N-methyl/N-ethyl adjacent to an activating group) is 1. The molecular formula is C18H19ClN4O2S. The van der Waals surface area contributed by atoms with Crippen molar-refractivity contribution in [2.75, 3.05) is 13.1 Å². The third kappa shape index (κ3) is 4.91. The lowest BCUT2D eigenvalue weighted by molar-refractivity contribution is -0.122. The van der Waals surface area contributed by atoms with E-state index in [-0.39, 0.29) is 12.5 Å². The van der Waals surface area contributed by atoms with Crippen LogP contribution in [0.15, 0.2) is 46.3 Å². The molecule has 2 heterocycles. The second kappa shape index (κ2) is 8.93. The van der Waals surface area contributed by atoms with E-state index >= 15 is 0 Å². The van der Waals surface area contributed by atoms with Crippen LogP contribution in [-0.2, 0) is 17.9 Å². The van der Waals surface area contributed by atoms with Crippen LogP contribution < -0.4 is 5.32 Å². The van der Waals surface area contributed by atoms with E-state index in [0.717, 1.165) is 10.4 Å². The van der Waals surface area contributed by atoms with Gasteiger partial charge in [0, 0.05) is 10.4 Å². The summed E-state index contributed by atoms with van der Waals surface area (Å²) in [6, 6.07) is 11.3. The molecule has 3 rings (SSSR count). The van der Waals surface area contributed by atoms with Crippen molar-refractivity contribution in [3.8, 4) is 11.4 Å². The number of nitrogens with zero attached hydrogens (tertiary/aromatic N) is 3. The summed E-state index contributed by atoms with van der Waals surface area (Å²) in [6.07, 6.45) is 0. The Kier molecular flexibility index (Phi) is 6.38. The quantitative estimate of drug-likeness (QED) is 0.636. The molecule has 0 atom stereocenters. The van der Waals surface area contributed by atoms with Crippen LogP contribution in [0.1, 0.15) is 17.7 Å². The average Bonchev–Trinajstić information content (AvgIpc) is 3.31. The van der Waals surface area contributed by atoms with Crippen LogP contribution in [0.2, 0.25) is 5.02 Å². The topological polar surface area (TPSA) is 71.3 Å². The SMILES string of the molecule is CCN(CC(=O)NCc1cccs1)Cc1nc(-c2ccccc2Cl)no1. The summed E-state index contributed by atoms with van der Waals surface area (Å²) >= 11 is 7.78. The maximum absolute atomic E-state index is 12.1. The van der Waals surface area contributed by atoms with Gasteiger partial charge in [-0.05, 0) is 30.1 Å². The van der Waals surface area contributed by atoms with Crippen molar-refractivity contribution in [3.63, 3.8) is 0 Å². The molecule has 0 unspecified atom stereocenters. The van der Waals surface area contributed by atoms with Gasteiger partial charge in [-0.2, -0.15) is 4.98 Å². The van der Waals surface area contributed by atoms with Crippen LogP contribution >= 0.6 is 22.9 Å². The number of hydrogen-bond donors (Lipinski definition) is 1. The van der Waals surface area contributed by atoms with Crippen molar-refractivity contribution < 1.29 is 9.32 Å². The zero-order valence-corrected chi connectivity index (χ0v) is 15.9. The molecule has 0 spiro atoms. The van der Waals surface area contributed by atoms with Crippen molar-refractivity contribution in [1.29, 1.82) is 0 Å². The number of benzene rings is 1. The molecule has 0 radical (unpaired) electrons. The number of amides is 1. The number of nitrogens with one attached hydrogen (secondary N) is 1. The number of thiophene rings is 1. The Morgan fingerprint density at radius 1 is 1.31 bits per heavy atom. The molecule has 1 aromatic carbocycles. The molecule has 136 valence electrons. The summed E-state index contributed by atoms with van der Waals surface area (Å²) < 4.78 is 5.32. The van der Waals surface area contributed by atoms with Crippen LogP contribution in [-0.4, -0.2) is 34.0 Å². The van der Waals surface area contributed by atoms with Gasteiger partial charge in [0.15, 0.2) is 0 Å². The van der Waals surface area contributed by atoms with Gasteiger partial charge < -0.3 is 9.84 Å². The first-order valence-electron chi connectivity index (χ1n) is 8.24. The van der Waals surface area contributed by atoms with Crippen molar-refractivity contribution in [3.05, 3.63) is 57.6 Å².